The third-order valence-corrected chi connectivity index (χ3v) is 3.70. The maximum absolute atomic E-state index is 5.93. The second-order valence-corrected chi connectivity index (χ2v) is 5.29. The van der Waals surface area contributed by atoms with Crippen molar-refractivity contribution in [2.24, 2.45) is 5.73 Å². The van der Waals surface area contributed by atoms with E-state index in [1.807, 2.05) is 6.92 Å². The van der Waals surface area contributed by atoms with Gasteiger partial charge in [-0.25, -0.2) is 0 Å². The fourth-order valence-corrected chi connectivity index (χ4v) is 3.22. The van der Waals surface area contributed by atoms with Crippen molar-refractivity contribution in [3.63, 3.8) is 0 Å². The topological polar surface area (TPSA) is 29.3 Å². The Morgan fingerprint density at radius 1 is 1.54 bits per heavy atom. The fourth-order valence-electron chi connectivity index (χ4n) is 1.47. The zero-order chi connectivity index (χ0) is 10.0. The van der Waals surface area contributed by atoms with Crippen molar-refractivity contribution < 1.29 is 0 Å². The molecule has 2 N–H and O–H groups in total. The van der Waals surface area contributed by atoms with Crippen LogP contribution in [0.25, 0.3) is 0 Å². The zero-order valence-corrected chi connectivity index (χ0v) is 10.5. The van der Waals surface area contributed by atoms with E-state index in [1.165, 1.54) is 4.88 Å². The van der Waals surface area contributed by atoms with Gasteiger partial charge in [0, 0.05) is 20.8 Å². The fraction of sp³-hybridized carbons (Fsp3) is 0.556. The predicted molar refractivity (Wildman–Crippen MR) is 62.1 cm³/mol. The van der Waals surface area contributed by atoms with E-state index < -0.39 is 0 Å². The van der Waals surface area contributed by atoms with Gasteiger partial charge in [-0.1, -0.05) is 0 Å². The van der Waals surface area contributed by atoms with Crippen LogP contribution in [0, 0.1) is 0 Å². The molecule has 1 rings (SSSR count). The molecule has 13 heavy (non-hydrogen) atoms. The predicted octanol–water partition coefficient (Wildman–Crippen LogP) is 2.46. The van der Waals surface area contributed by atoms with E-state index in [0.717, 1.165) is 4.47 Å². The highest BCUT2D eigenvalue weighted by molar-refractivity contribution is 9.10. The number of nitrogens with two attached hydrogens (primary N) is 1. The lowest BCUT2D eigenvalue weighted by Gasteiger charge is -2.26. The molecule has 0 aliphatic rings. The van der Waals surface area contributed by atoms with Crippen molar-refractivity contribution in [3.05, 3.63) is 20.8 Å². The molecule has 4 heteroatoms. The molecule has 1 aromatic heterocycles. The van der Waals surface area contributed by atoms with Gasteiger partial charge in [0.05, 0.1) is 6.04 Å². The van der Waals surface area contributed by atoms with Crippen molar-refractivity contribution in [1.29, 1.82) is 0 Å². The molecule has 0 saturated heterocycles. The summed E-state index contributed by atoms with van der Waals surface area (Å²) >= 11 is 5.20. The van der Waals surface area contributed by atoms with Crippen LogP contribution in [-0.2, 0) is 0 Å². The van der Waals surface area contributed by atoms with Crippen LogP contribution in [0.4, 0.5) is 0 Å². The summed E-state index contributed by atoms with van der Waals surface area (Å²) in [5.41, 5.74) is 5.93. The molecule has 0 bridgehead atoms. The summed E-state index contributed by atoms with van der Waals surface area (Å²) in [6, 6.07) is 2.61. The molecule has 0 saturated carbocycles. The van der Waals surface area contributed by atoms with Crippen molar-refractivity contribution in [3.8, 4) is 0 Å². The van der Waals surface area contributed by atoms with Crippen LogP contribution in [0.15, 0.2) is 15.9 Å². The number of rotatable bonds is 3. The first-order valence-corrected chi connectivity index (χ1v) is 5.85. The summed E-state index contributed by atoms with van der Waals surface area (Å²) in [4.78, 5) is 3.47. The smallest absolute Gasteiger partial charge is 0.0586 e. The van der Waals surface area contributed by atoms with E-state index in [2.05, 4.69) is 46.4 Å². The Morgan fingerprint density at radius 3 is 2.46 bits per heavy atom. The highest BCUT2D eigenvalue weighted by Gasteiger charge is 2.19. The van der Waals surface area contributed by atoms with Gasteiger partial charge in [0.15, 0.2) is 0 Å². The number of nitrogens with zero attached hydrogens (tertiary/aromatic N) is 1. The lowest BCUT2D eigenvalue weighted by Crippen LogP contribution is -2.34. The Hall–Kier alpha value is 0.1000. The van der Waals surface area contributed by atoms with E-state index in [0.29, 0.717) is 6.04 Å². The first-order chi connectivity index (χ1) is 6.02. The Bertz CT molecular complexity index is 262. The number of hydrogen-bond acceptors (Lipinski definition) is 3. The van der Waals surface area contributed by atoms with Crippen LogP contribution in [-0.4, -0.2) is 25.0 Å². The number of thiophene rings is 1. The lowest BCUT2D eigenvalue weighted by atomic mass is 10.1. The van der Waals surface area contributed by atoms with Gasteiger partial charge in [-0.15, -0.1) is 11.3 Å². The second-order valence-electron chi connectivity index (χ2n) is 3.43. The van der Waals surface area contributed by atoms with Crippen molar-refractivity contribution >= 4 is 27.3 Å². The molecular weight excluding hydrogens is 248 g/mol. The average molecular weight is 263 g/mol. The van der Waals surface area contributed by atoms with Gasteiger partial charge in [-0.05, 0) is 43.0 Å². The SMILES string of the molecule is CC(N)C(c1cc(Br)cs1)N(C)C. The van der Waals surface area contributed by atoms with Crippen molar-refractivity contribution in [2.45, 2.75) is 19.0 Å². The maximum atomic E-state index is 5.93. The normalized spacial score (nSPS) is 16.2. The Labute approximate surface area is 91.9 Å². The first-order valence-electron chi connectivity index (χ1n) is 4.18. The summed E-state index contributed by atoms with van der Waals surface area (Å²) in [6.07, 6.45) is 0. The van der Waals surface area contributed by atoms with E-state index in [4.69, 9.17) is 5.73 Å². The largest absolute Gasteiger partial charge is 0.326 e. The van der Waals surface area contributed by atoms with Crippen LogP contribution < -0.4 is 5.73 Å². The van der Waals surface area contributed by atoms with Crippen molar-refractivity contribution in [1.82, 2.24) is 4.90 Å². The van der Waals surface area contributed by atoms with Gasteiger partial charge in [0.2, 0.25) is 0 Å². The van der Waals surface area contributed by atoms with E-state index in [1.54, 1.807) is 11.3 Å². The molecule has 0 aliphatic heterocycles. The molecule has 0 fully saturated rings. The molecule has 0 aromatic carbocycles. The third-order valence-electron chi connectivity index (χ3n) is 1.93. The van der Waals surface area contributed by atoms with Crippen LogP contribution >= 0.6 is 27.3 Å². The highest BCUT2D eigenvalue weighted by Crippen LogP contribution is 2.29. The molecule has 1 heterocycles. The van der Waals surface area contributed by atoms with Crippen LogP contribution in [0.2, 0.25) is 0 Å². The van der Waals surface area contributed by atoms with E-state index in [-0.39, 0.29) is 6.04 Å². The monoisotopic (exact) mass is 262 g/mol. The van der Waals surface area contributed by atoms with Crippen LogP contribution in [0.5, 0.6) is 0 Å². The van der Waals surface area contributed by atoms with Gasteiger partial charge in [0.25, 0.3) is 0 Å². The molecule has 2 atom stereocenters. The second kappa shape index (κ2) is 4.55. The van der Waals surface area contributed by atoms with Crippen LogP contribution in [0.1, 0.15) is 17.8 Å². The standard InChI is InChI=1S/C9H15BrN2S/c1-6(11)9(12(2)3)8-4-7(10)5-13-8/h4-6,9H,11H2,1-3H3. The minimum absolute atomic E-state index is 0.153. The minimum Gasteiger partial charge on any atom is -0.326 e. The lowest BCUT2D eigenvalue weighted by molar-refractivity contribution is 0.270. The molecule has 0 aliphatic carbocycles. The van der Waals surface area contributed by atoms with Gasteiger partial charge < -0.3 is 10.6 Å². The summed E-state index contributed by atoms with van der Waals surface area (Å²) in [6.45, 7) is 2.04. The summed E-state index contributed by atoms with van der Waals surface area (Å²) in [7, 11) is 4.11. The van der Waals surface area contributed by atoms with Gasteiger partial charge in [-0.3, -0.25) is 0 Å². The molecule has 0 amide bonds. The minimum atomic E-state index is 0.153. The summed E-state index contributed by atoms with van der Waals surface area (Å²) in [5, 5.41) is 2.09. The maximum Gasteiger partial charge on any atom is 0.0586 e. The highest BCUT2D eigenvalue weighted by atomic mass is 79.9. The molecule has 0 spiro atoms. The average Bonchev–Trinajstić information content (AvgIpc) is 2.34. The summed E-state index contributed by atoms with van der Waals surface area (Å²) in [5.74, 6) is 0. The molecule has 2 unspecified atom stereocenters. The number of halogens is 1. The molecule has 2 nitrogen and oxygen atoms in total. The molecular formula is C9H15BrN2S. The Morgan fingerprint density at radius 2 is 2.15 bits per heavy atom. The number of likely N-dealkylation sites (N-methyl/N-ethyl adjacent to an activating group) is 1. The van der Waals surface area contributed by atoms with E-state index in [9.17, 15) is 0 Å². The quantitative estimate of drug-likeness (QED) is 0.907. The van der Waals surface area contributed by atoms with Gasteiger partial charge in [-0.2, -0.15) is 0 Å². The Kier molecular flexibility index (Phi) is 3.91. The molecule has 1 aromatic rings. The molecule has 0 radical (unpaired) electrons. The number of hydrogen-bond donors (Lipinski definition) is 1. The summed E-state index contributed by atoms with van der Waals surface area (Å²) < 4.78 is 1.14. The van der Waals surface area contributed by atoms with Crippen LogP contribution in [0.3, 0.4) is 0 Å². The van der Waals surface area contributed by atoms with Gasteiger partial charge >= 0.3 is 0 Å². The van der Waals surface area contributed by atoms with Crippen molar-refractivity contribution in [2.75, 3.05) is 14.1 Å². The Balaban J connectivity index is 2.88. The third kappa shape index (κ3) is 2.77. The first kappa shape index (κ1) is 11.2. The van der Waals surface area contributed by atoms with Gasteiger partial charge in [0.1, 0.15) is 0 Å². The molecule has 74 valence electrons. The van der Waals surface area contributed by atoms with E-state index >= 15 is 0 Å². The zero-order valence-electron chi connectivity index (χ0n) is 8.12.